The first-order chi connectivity index (χ1) is 51.3. The Morgan fingerprint density at radius 3 is 1.01 bits per heavy atom. The third-order valence-corrected chi connectivity index (χ3v) is 14.9. The Bertz CT molecular complexity index is 5100. The van der Waals surface area contributed by atoms with Gasteiger partial charge < -0.3 is 27.0 Å². The molecule has 0 aliphatic carbocycles. The van der Waals surface area contributed by atoms with Crippen molar-refractivity contribution >= 4 is 134 Å². The molecule has 8 amide bonds. The van der Waals surface area contributed by atoms with Crippen LogP contribution in [0.1, 0.15) is 85.5 Å². The molecule has 0 bridgehead atoms. The lowest BCUT2D eigenvalue weighted by Crippen LogP contribution is -2.28. The number of halogens is 4. The van der Waals surface area contributed by atoms with Crippen LogP contribution >= 0.6 is 46.4 Å². The molecule has 0 aliphatic rings. The van der Waals surface area contributed by atoms with Gasteiger partial charge in [-0.25, -0.2) is 24.7 Å². The third-order valence-electron chi connectivity index (χ3n) is 13.6. The van der Waals surface area contributed by atoms with E-state index in [9.17, 15) is 33.6 Å². The second-order valence-corrected chi connectivity index (χ2v) is 23.6. The Morgan fingerprint density at radius 1 is 0.364 bits per heavy atom. The van der Waals surface area contributed by atoms with Crippen molar-refractivity contribution in [2.75, 3.05) is 49.5 Å². The number of nitrogen functional groups attached to an aromatic ring is 1. The molecule has 8 aromatic heterocycles. The summed E-state index contributed by atoms with van der Waals surface area (Å²) in [6.07, 6.45) is 8.16. The molecule has 12 aromatic rings. The smallest absolute Gasteiger partial charge is 0.319 e. The van der Waals surface area contributed by atoms with Gasteiger partial charge in [-0.3, -0.25) is 70.0 Å². The number of hydrogen-bond donors (Lipinski definition) is 9. The fourth-order valence-electron chi connectivity index (χ4n) is 9.07. The van der Waals surface area contributed by atoms with Crippen LogP contribution in [0.4, 0.5) is 51.3 Å². The van der Waals surface area contributed by atoms with Crippen LogP contribution in [0.3, 0.4) is 0 Å². The van der Waals surface area contributed by atoms with Crippen molar-refractivity contribution < 1.29 is 33.6 Å². The highest BCUT2D eigenvalue weighted by molar-refractivity contribution is 6.36. The predicted molar refractivity (Wildman–Crippen MR) is 405 cm³/mol. The zero-order valence-electron chi connectivity index (χ0n) is 57.5. The van der Waals surface area contributed by atoms with Gasteiger partial charge >= 0.3 is 6.03 Å². The predicted octanol–water partition coefficient (Wildman–Crippen LogP) is 12.2. The number of aryl methyl sites for hydroxylation is 4. The fraction of sp³-hybridized carbons (Fsp3) is 0.113. The Balaban J connectivity index is 0.000000165. The second-order valence-electron chi connectivity index (χ2n) is 22.0. The molecule has 12 rings (SSSR count). The van der Waals surface area contributed by atoms with Gasteiger partial charge in [-0.05, 0) is 156 Å². The van der Waals surface area contributed by atoms with Gasteiger partial charge in [0.1, 0.15) is 40.4 Å². The summed E-state index contributed by atoms with van der Waals surface area (Å²) in [5.41, 5.74) is 10.9. The minimum absolute atomic E-state index is 0.0868. The van der Waals surface area contributed by atoms with Crippen LogP contribution in [0, 0.1) is 27.7 Å². The molecular weight excluding hydrogens is 1460 g/mol. The Morgan fingerprint density at radius 2 is 0.701 bits per heavy atom. The lowest BCUT2D eigenvalue weighted by Gasteiger charge is -2.10. The molecule has 0 unspecified atom stereocenters. The molecule has 0 radical (unpaired) electrons. The van der Waals surface area contributed by atoms with Crippen LogP contribution in [0.2, 0.25) is 20.1 Å². The van der Waals surface area contributed by atoms with Crippen molar-refractivity contribution in [1.82, 2.24) is 85.1 Å². The Kier molecular flexibility index (Phi) is 27.0. The van der Waals surface area contributed by atoms with E-state index in [1.54, 1.807) is 131 Å². The highest BCUT2D eigenvalue weighted by Crippen LogP contribution is 2.27. The van der Waals surface area contributed by atoms with E-state index in [4.69, 9.17) is 52.1 Å². The second kappa shape index (κ2) is 37.1. The number of nitrogens with two attached hydrogens (primary N) is 1. The van der Waals surface area contributed by atoms with Gasteiger partial charge in [-0.15, -0.1) is 0 Å². The highest BCUT2D eigenvalue weighted by Gasteiger charge is 2.20. The minimum Gasteiger partial charge on any atom is -0.399 e. The minimum atomic E-state index is -0.489. The van der Waals surface area contributed by atoms with Crippen molar-refractivity contribution in [3.05, 3.63) is 236 Å². The number of nitrogens with zero attached hydrogens (tertiary/aromatic N) is 16. The zero-order chi connectivity index (χ0) is 76.7. The van der Waals surface area contributed by atoms with Crippen LogP contribution in [-0.4, -0.2) is 128 Å². The number of urea groups is 1. The van der Waals surface area contributed by atoms with E-state index in [0.717, 1.165) is 0 Å². The average Bonchev–Trinajstić information content (AvgIpc) is 0.844. The van der Waals surface area contributed by atoms with E-state index in [1.165, 1.54) is 56.3 Å². The molecule has 0 spiro atoms. The van der Waals surface area contributed by atoms with E-state index in [1.807, 2.05) is 31.2 Å². The first-order valence-corrected chi connectivity index (χ1v) is 33.2. The number of nitrogens with one attached hydrogen (secondary N) is 8. The van der Waals surface area contributed by atoms with Gasteiger partial charge in [0.25, 0.3) is 23.6 Å². The van der Waals surface area contributed by atoms with E-state index in [0.29, 0.717) is 98.5 Å². The Hall–Kier alpha value is -13.4. The molecule has 540 valence electrons. The fourth-order valence-corrected chi connectivity index (χ4v) is 10.1. The van der Waals surface area contributed by atoms with E-state index in [2.05, 4.69) is 122 Å². The molecular formula is C71H61Cl4N25O7. The van der Waals surface area contributed by atoms with E-state index in [-0.39, 0.29) is 84.0 Å². The molecule has 0 aliphatic heterocycles. The molecule has 8 heterocycles. The molecule has 32 nitrogen and oxygen atoms in total. The van der Waals surface area contributed by atoms with Crippen molar-refractivity contribution in [1.29, 1.82) is 0 Å². The van der Waals surface area contributed by atoms with Crippen molar-refractivity contribution in [3.63, 3.8) is 0 Å². The Labute approximate surface area is 629 Å². The van der Waals surface area contributed by atoms with Crippen LogP contribution in [0.25, 0.3) is 45.9 Å². The quantitative estimate of drug-likeness (QED) is 0.0406. The average molecular weight is 1520 g/mol. The summed E-state index contributed by atoms with van der Waals surface area (Å²) in [5.74, 6) is 1.34. The maximum Gasteiger partial charge on any atom is 0.319 e. The third kappa shape index (κ3) is 23.0. The van der Waals surface area contributed by atoms with Gasteiger partial charge in [-0.2, -0.15) is 39.9 Å². The van der Waals surface area contributed by atoms with E-state index >= 15 is 0 Å². The number of carbonyl (C=O) groups excluding carboxylic acids is 7. The number of hydrogen-bond acceptors (Lipinski definition) is 24. The number of rotatable bonds is 16. The first kappa shape index (κ1) is 77.7. The molecule has 107 heavy (non-hydrogen) atoms. The standard InChI is InChI=1S/C19H18ClN7O2.2C18H15ClN6O2.C16H13ClN6O/c1-3-21-19(29)25-12-7-8-13(14(20)10-12)17(28)27-18-24-11(2)23-16(26-18)15-6-4-5-9-22-15;1-10-21-16(12-4-3-7-20-9-12)24-18(22-10)25-17(27)14-6-5-13(8-15(14)19)23-11(2)26;1-10-21-16(15-5-3-4-8-20-15)24-18(22-10)25-17(27)13-7-6-12(9-14(13)19)23-11(2)26;1-9-20-14(13-4-2-3-7-19-13)22-16(21-9)23-15(24)11-6-5-10(18)8-12(11)17/h4-10H,3H2,1-2H3,(H2,21,25,29)(H,23,24,26,27,28);2*3-9H,1-2H3,(H,23,26)(H,21,22,24,25,27);2-8H,18H2,1H3,(H,20,21,22,23,24). The SMILES string of the molecule is CC(=O)Nc1ccc(C(=O)Nc2nc(C)nc(-c3ccccn3)n2)c(Cl)c1.CC(=O)Nc1ccc(C(=O)Nc2nc(C)nc(-c3cccnc3)n2)c(Cl)c1.CCNC(=O)Nc1ccc(C(=O)Nc2nc(C)nc(-c3ccccn3)n2)c(Cl)c1.Cc1nc(NC(=O)c2ccc(N)cc2Cl)nc(-c2ccccn2)n1. The lowest BCUT2D eigenvalue weighted by molar-refractivity contribution is -0.115. The van der Waals surface area contributed by atoms with Gasteiger partial charge in [0.05, 0.1) is 42.3 Å². The molecule has 0 atom stereocenters. The summed E-state index contributed by atoms with van der Waals surface area (Å²) in [4.78, 5) is 151. The van der Waals surface area contributed by atoms with Gasteiger partial charge in [0.2, 0.25) is 35.6 Å². The first-order valence-electron chi connectivity index (χ1n) is 31.7. The highest BCUT2D eigenvalue weighted by atomic mass is 35.5. The van der Waals surface area contributed by atoms with Crippen LogP contribution in [0.15, 0.2) is 171 Å². The number of pyridine rings is 4. The number of carbonyl (C=O) groups is 7. The van der Waals surface area contributed by atoms with Crippen molar-refractivity contribution in [3.8, 4) is 45.9 Å². The molecule has 36 heteroatoms. The summed E-state index contributed by atoms with van der Waals surface area (Å²) in [7, 11) is 0. The van der Waals surface area contributed by atoms with E-state index < -0.39 is 23.6 Å². The molecule has 4 aromatic carbocycles. The summed E-state index contributed by atoms with van der Waals surface area (Å²) >= 11 is 24.6. The lowest BCUT2D eigenvalue weighted by atomic mass is 10.2. The number of aromatic nitrogens is 16. The summed E-state index contributed by atoms with van der Waals surface area (Å²) in [6, 6.07) is 37.7. The molecule has 0 saturated carbocycles. The number of benzene rings is 4. The van der Waals surface area contributed by atoms with Gasteiger partial charge in [0, 0.05) is 79.7 Å². The van der Waals surface area contributed by atoms with Crippen LogP contribution in [-0.2, 0) is 9.59 Å². The maximum atomic E-state index is 12.6. The molecule has 10 N–H and O–H groups in total. The van der Waals surface area contributed by atoms with Crippen LogP contribution in [0.5, 0.6) is 0 Å². The summed E-state index contributed by atoms with van der Waals surface area (Å²) < 4.78 is 0. The summed E-state index contributed by atoms with van der Waals surface area (Å²) in [5, 5.41) is 21.7. The molecule has 0 saturated heterocycles. The summed E-state index contributed by atoms with van der Waals surface area (Å²) in [6.45, 7) is 11.9. The largest absolute Gasteiger partial charge is 0.399 e. The van der Waals surface area contributed by atoms with Crippen molar-refractivity contribution in [2.45, 2.75) is 48.5 Å². The number of anilines is 8. The topological polar surface area (TPSA) is 448 Å². The number of amides is 8. The normalized spacial score (nSPS) is 10.3. The van der Waals surface area contributed by atoms with Gasteiger partial charge in [-0.1, -0.05) is 64.6 Å². The van der Waals surface area contributed by atoms with Crippen molar-refractivity contribution in [2.24, 2.45) is 0 Å². The maximum absolute atomic E-state index is 12.6. The molecule has 0 fully saturated rings. The van der Waals surface area contributed by atoms with Crippen LogP contribution < -0.4 is 48.3 Å². The zero-order valence-corrected chi connectivity index (χ0v) is 60.5. The monoisotopic (exact) mass is 1520 g/mol. The van der Waals surface area contributed by atoms with Gasteiger partial charge in [0.15, 0.2) is 23.3 Å².